The van der Waals surface area contributed by atoms with Gasteiger partial charge in [-0.3, -0.25) is 4.90 Å². The number of likely N-dealkylation sites (tertiary alicyclic amines) is 1. The summed E-state index contributed by atoms with van der Waals surface area (Å²) in [4.78, 5) is 6.86. The minimum absolute atomic E-state index is 0.227. The maximum Gasteiger partial charge on any atom is 0.0362 e. The first-order chi connectivity index (χ1) is 9.70. The molecular weight excluding hydrogens is 266 g/mol. The summed E-state index contributed by atoms with van der Waals surface area (Å²) in [5, 5.41) is 2.25. The average Bonchev–Trinajstić information content (AvgIpc) is 2.97. The maximum atomic E-state index is 6.26. The molecule has 0 spiro atoms. The Kier molecular flexibility index (Phi) is 4.18. The van der Waals surface area contributed by atoms with Crippen LogP contribution in [0.25, 0.3) is 0 Å². The predicted molar refractivity (Wildman–Crippen MR) is 86.3 cm³/mol. The van der Waals surface area contributed by atoms with Gasteiger partial charge in [-0.25, -0.2) is 0 Å². The Balaban J connectivity index is 1.81. The van der Waals surface area contributed by atoms with E-state index in [-0.39, 0.29) is 5.54 Å². The molecule has 0 aliphatic carbocycles. The average molecular weight is 293 g/mol. The number of piperidine rings is 1. The standard InChI is InChI=1S/C16H27N3S/c1-3-18-9-6-16(12-17,7-10-18)19-8-4-15-14(13(19)2)5-11-20-15/h5,11,13H,3-4,6-10,12,17H2,1-2H3. The Morgan fingerprint density at radius 3 is 2.75 bits per heavy atom. The molecule has 0 amide bonds. The van der Waals surface area contributed by atoms with E-state index in [0.717, 1.165) is 6.54 Å². The van der Waals surface area contributed by atoms with Gasteiger partial charge in [0.15, 0.2) is 0 Å². The highest BCUT2D eigenvalue weighted by atomic mass is 32.1. The molecular formula is C16H27N3S. The van der Waals surface area contributed by atoms with Crippen molar-refractivity contribution in [3.63, 3.8) is 0 Å². The molecule has 2 aliphatic rings. The van der Waals surface area contributed by atoms with Crippen LogP contribution in [-0.2, 0) is 6.42 Å². The Bertz CT molecular complexity index is 448. The SMILES string of the molecule is CCN1CCC(CN)(N2CCc3sccc3C2C)CC1. The van der Waals surface area contributed by atoms with Crippen molar-refractivity contribution in [2.24, 2.45) is 5.73 Å². The molecule has 1 unspecified atom stereocenters. The molecule has 0 saturated carbocycles. The fraction of sp³-hybridized carbons (Fsp3) is 0.750. The lowest BCUT2D eigenvalue weighted by molar-refractivity contribution is -0.00263. The summed E-state index contributed by atoms with van der Waals surface area (Å²) in [5.74, 6) is 0. The molecule has 0 bridgehead atoms. The van der Waals surface area contributed by atoms with Crippen LogP contribution in [0.3, 0.4) is 0 Å². The van der Waals surface area contributed by atoms with Crippen molar-refractivity contribution in [3.8, 4) is 0 Å². The molecule has 1 fully saturated rings. The second-order valence-corrected chi connectivity index (χ2v) is 7.28. The predicted octanol–water partition coefficient (Wildman–Crippen LogP) is 2.48. The monoisotopic (exact) mass is 293 g/mol. The van der Waals surface area contributed by atoms with Crippen LogP contribution in [0.1, 0.15) is 43.2 Å². The summed E-state index contributed by atoms with van der Waals surface area (Å²) in [6, 6.07) is 2.85. The zero-order valence-electron chi connectivity index (χ0n) is 12.8. The van der Waals surface area contributed by atoms with Gasteiger partial charge in [-0.1, -0.05) is 6.92 Å². The van der Waals surface area contributed by atoms with Gasteiger partial charge in [0.2, 0.25) is 0 Å². The molecule has 3 rings (SSSR count). The van der Waals surface area contributed by atoms with Crippen molar-refractivity contribution < 1.29 is 0 Å². The molecule has 1 atom stereocenters. The largest absolute Gasteiger partial charge is 0.329 e. The van der Waals surface area contributed by atoms with Crippen molar-refractivity contribution in [3.05, 3.63) is 21.9 Å². The van der Waals surface area contributed by atoms with Crippen LogP contribution in [-0.4, -0.2) is 48.1 Å². The smallest absolute Gasteiger partial charge is 0.0362 e. The number of thiophene rings is 1. The fourth-order valence-corrected chi connectivity index (χ4v) is 5.01. The number of rotatable bonds is 3. The Morgan fingerprint density at radius 1 is 1.35 bits per heavy atom. The van der Waals surface area contributed by atoms with Gasteiger partial charge in [-0.15, -0.1) is 11.3 Å². The van der Waals surface area contributed by atoms with Gasteiger partial charge in [0.05, 0.1) is 0 Å². The molecule has 3 nitrogen and oxygen atoms in total. The van der Waals surface area contributed by atoms with Gasteiger partial charge >= 0.3 is 0 Å². The molecule has 20 heavy (non-hydrogen) atoms. The minimum atomic E-state index is 0.227. The Hall–Kier alpha value is -0.420. The summed E-state index contributed by atoms with van der Waals surface area (Å²) < 4.78 is 0. The molecule has 112 valence electrons. The topological polar surface area (TPSA) is 32.5 Å². The second kappa shape index (κ2) is 5.76. The summed E-state index contributed by atoms with van der Waals surface area (Å²) in [5.41, 5.74) is 8.03. The van der Waals surface area contributed by atoms with E-state index in [1.807, 2.05) is 11.3 Å². The van der Waals surface area contributed by atoms with Crippen LogP contribution in [0.2, 0.25) is 0 Å². The Morgan fingerprint density at radius 2 is 2.10 bits per heavy atom. The first-order valence-corrected chi connectivity index (χ1v) is 8.83. The van der Waals surface area contributed by atoms with Crippen LogP contribution in [0.15, 0.2) is 11.4 Å². The van der Waals surface area contributed by atoms with Gasteiger partial charge in [0, 0.05) is 29.5 Å². The van der Waals surface area contributed by atoms with E-state index in [1.165, 1.54) is 45.4 Å². The lowest BCUT2D eigenvalue weighted by atomic mass is 9.82. The molecule has 0 radical (unpaired) electrons. The van der Waals surface area contributed by atoms with Crippen LogP contribution in [0.4, 0.5) is 0 Å². The van der Waals surface area contributed by atoms with E-state index in [0.29, 0.717) is 6.04 Å². The molecule has 2 N–H and O–H groups in total. The third-order valence-electron chi connectivity index (χ3n) is 5.50. The van der Waals surface area contributed by atoms with Crippen LogP contribution in [0, 0.1) is 0 Å². The van der Waals surface area contributed by atoms with E-state index >= 15 is 0 Å². The van der Waals surface area contributed by atoms with E-state index < -0.39 is 0 Å². The molecule has 1 aromatic heterocycles. The summed E-state index contributed by atoms with van der Waals surface area (Å²) >= 11 is 1.92. The third kappa shape index (κ3) is 2.33. The van der Waals surface area contributed by atoms with Crippen LogP contribution < -0.4 is 5.73 Å². The van der Waals surface area contributed by atoms with Crippen LogP contribution >= 0.6 is 11.3 Å². The highest BCUT2D eigenvalue weighted by molar-refractivity contribution is 7.10. The summed E-state index contributed by atoms with van der Waals surface area (Å²) in [6.07, 6.45) is 3.65. The number of nitrogens with two attached hydrogens (primary N) is 1. The van der Waals surface area contributed by atoms with Gasteiger partial charge in [-0.05, 0) is 62.8 Å². The second-order valence-electron chi connectivity index (χ2n) is 6.28. The highest BCUT2D eigenvalue weighted by Gasteiger charge is 2.42. The number of hydrogen-bond acceptors (Lipinski definition) is 4. The molecule has 1 saturated heterocycles. The Labute approximate surface area is 126 Å². The lowest BCUT2D eigenvalue weighted by Crippen LogP contribution is -2.61. The molecule has 2 aliphatic heterocycles. The van der Waals surface area contributed by atoms with E-state index in [9.17, 15) is 0 Å². The first kappa shape index (κ1) is 14.5. The zero-order valence-corrected chi connectivity index (χ0v) is 13.6. The van der Waals surface area contributed by atoms with E-state index in [1.54, 1.807) is 10.4 Å². The minimum Gasteiger partial charge on any atom is -0.329 e. The first-order valence-electron chi connectivity index (χ1n) is 7.95. The van der Waals surface area contributed by atoms with Gasteiger partial charge in [0.25, 0.3) is 0 Å². The number of hydrogen-bond donors (Lipinski definition) is 1. The molecule has 4 heteroatoms. The van der Waals surface area contributed by atoms with Gasteiger partial charge in [0.1, 0.15) is 0 Å². The summed E-state index contributed by atoms with van der Waals surface area (Å²) in [7, 11) is 0. The van der Waals surface area contributed by atoms with E-state index in [4.69, 9.17) is 5.73 Å². The van der Waals surface area contributed by atoms with Gasteiger partial charge in [-0.2, -0.15) is 0 Å². The van der Waals surface area contributed by atoms with Crippen molar-refractivity contribution in [2.75, 3.05) is 32.7 Å². The quantitative estimate of drug-likeness (QED) is 0.929. The van der Waals surface area contributed by atoms with Crippen molar-refractivity contribution in [2.45, 2.75) is 44.7 Å². The van der Waals surface area contributed by atoms with E-state index in [2.05, 4.69) is 35.1 Å². The van der Waals surface area contributed by atoms with Crippen molar-refractivity contribution in [1.82, 2.24) is 9.80 Å². The lowest BCUT2D eigenvalue weighted by Gasteiger charge is -2.52. The van der Waals surface area contributed by atoms with Crippen molar-refractivity contribution >= 4 is 11.3 Å². The zero-order chi connectivity index (χ0) is 14.2. The van der Waals surface area contributed by atoms with Crippen molar-refractivity contribution in [1.29, 1.82) is 0 Å². The van der Waals surface area contributed by atoms with Crippen LogP contribution in [0.5, 0.6) is 0 Å². The number of nitrogens with zero attached hydrogens (tertiary/aromatic N) is 2. The molecule has 0 aromatic carbocycles. The fourth-order valence-electron chi connectivity index (χ4n) is 4.05. The third-order valence-corrected chi connectivity index (χ3v) is 6.50. The highest BCUT2D eigenvalue weighted by Crippen LogP contribution is 2.40. The molecule has 1 aromatic rings. The summed E-state index contributed by atoms with van der Waals surface area (Å²) in [6.45, 7) is 10.2. The maximum absolute atomic E-state index is 6.26. The number of fused-ring (bicyclic) bond motifs is 1. The normalized spacial score (nSPS) is 27.4. The molecule has 3 heterocycles. The van der Waals surface area contributed by atoms with Gasteiger partial charge < -0.3 is 10.6 Å².